The van der Waals surface area contributed by atoms with Crippen molar-refractivity contribution in [1.82, 2.24) is 5.73 Å². The molecule has 0 bridgehead atoms. The molecule has 81 valence electrons. The molecule has 1 aliphatic rings. The monoisotopic (exact) mass is 226 g/mol. The number of hydrogen-bond acceptors (Lipinski definition) is 3. The highest BCUT2D eigenvalue weighted by Crippen LogP contribution is 2.21. The number of benzene rings is 1. The molecule has 2 rings (SSSR count). The lowest BCUT2D eigenvalue weighted by atomic mass is 10.3. The lowest BCUT2D eigenvalue weighted by Gasteiger charge is -2.13. The topological polar surface area (TPSA) is 67.2 Å². The first kappa shape index (κ1) is 10.6. The van der Waals surface area contributed by atoms with Crippen molar-refractivity contribution in [3.8, 4) is 0 Å². The van der Waals surface area contributed by atoms with Crippen LogP contribution in [0.2, 0.25) is 0 Å². The number of sulfone groups is 1. The van der Waals surface area contributed by atoms with Gasteiger partial charge in [-0.05, 0) is 12.1 Å². The normalized spacial score (nSPS) is 26.7. The number of rotatable bonds is 2. The summed E-state index contributed by atoms with van der Waals surface area (Å²) in [6.45, 7) is 0.335. The Balaban J connectivity index is 2.35. The Morgan fingerprint density at radius 2 is 1.87 bits per heavy atom. The van der Waals surface area contributed by atoms with E-state index in [9.17, 15) is 8.42 Å². The van der Waals surface area contributed by atoms with E-state index in [1.165, 1.54) is 0 Å². The second-order valence-corrected chi connectivity index (χ2v) is 5.71. The van der Waals surface area contributed by atoms with Crippen LogP contribution in [0.4, 0.5) is 0 Å². The Labute approximate surface area is 89.0 Å². The molecule has 0 amide bonds. The zero-order valence-corrected chi connectivity index (χ0v) is 8.91. The summed E-state index contributed by atoms with van der Waals surface area (Å²) >= 11 is 0. The van der Waals surface area contributed by atoms with Crippen molar-refractivity contribution in [2.45, 2.75) is 16.2 Å². The zero-order chi connectivity index (χ0) is 10.9. The van der Waals surface area contributed by atoms with E-state index in [0.29, 0.717) is 0 Å². The average molecular weight is 226 g/mol. The van der Waals surface area contributed by atoms with Gasteiger partial charge in [0.25, 0.3) is 0 Å². The van der Waals surface area contributed by atoms with Crippen LogP contribution in [0.25, 0.3) is 0 Å². The van der Waals surface area contributed by atoms with Crippen molar-refractivity contribution >= 4 is 9.84 Å². The molecular formula is C10H12NO3S. The maximum absolute atomic E-state index is 12.0. The van der Waals surface area contributed by atoms with Crippen molar-refractivity contribution in [3.05, 3.63) is 30.3 Å². The average Bonchev–Trinajstić information content (AvgIpc) is 2.66. The largest absolute Gasteiger partial charge is 0.378 e. The van der Waals surface area contributed by atoms with Gasteiger partial charge in [-0.25, -0.2) is 8.42 Å². The molecule has 1 aliphatic heterocycles. The van der Waals surface area contributed by atoms with E-state index in [4.69, 9.17) is 10.5 Å². The Morgan fingerprint density at radius 1 is 1.20 bits per heavy atom. The van der Waals surface area contributed by atoms with E-state index < -0.39 is 21.1 Å². The highest BCUT2D eigenvalue weighted by Gasteiger charge is 2.37. The van der Waals surface area contributed by atoms with Crippen molar-refractivity contribution in [2.24, 2.45) is 0 Å². The van der Waals surface area contributed by atoms with Crippen molar-refractivity contribution < 1.29 is 13.2 Å². The van der Waals surface area contributed by atoms with E-state index in [-0.39, 0.29) is 18.1 Å². The van der Waals surface area contributed by atoms with Gasteiger partial charge in [0.1, 0.15) is 5.25 Å². The van der Waals surface area contributed by atoms with Crippen LogP contribution in [-0.4, -0.2) is 32.9 Å². The molecule has 0 saturated carbocycles. The van der Waals surface area contributed by atoms with E-state index in [1.807, 2.05) is 0 Å². The van der Waals surface area contributed by atoms with Gasteiger partial charge in [0.15, 0.2) is 9.84 Å². The Bertz CT molecular complexity index is 429. The molecule has 1 heterocycles. The molecule has 1 saturated heterocycles. The molecule has 0 aromatic heterocycles. The van der Waals surface area contributed by atoms with Crippen LogP contribution in [0.3, 0.4) is 0 Å². The summed E-state index contributed by atoms with van der Waals surface area (Å²) in [5, 5.41) is -0.722. The molecule has 1 aromatic rings. The minimum absolute atomic E-state index is 0.130. The van der Waals surface area contributed by atoms with Gasteiger partial charge in [-0.3, -0.25) is 5.73 Å². The van der Waals surface area contributed by atoms with Crippen LogP contribution in [0, 0.1) is 0 Å². The van der Waals surface area contributed by atoms with Crippen molar-refractivity contribution in [1.29, 1.82) is 0 Å². The fourth-order valence-electron chi connectivity index (χ4n) is 1.63. The van der Waals surface area contributed by atoms with Crippen LogP contribution >= 0.6 is 0 Å². The third-order valence-corrected chi connectivity index (χ3v) is 4.69. The Morgan fingerprint density at radius 3 is 2.40 bits per heavy atom. The summed E-state index contributed by atoms with van der Waals surface area (Å²) in [5.74, 6) is 0. The standard InChI is InChI=1S/C10H12NO3S/c11-9-6-14-7-10(9)15(12,13)8-4-2-1-3-5-8/h1-5,9-11H,6-7H2. The smallest absolute Gasteiger partial charge is 0.185 e. The van der Waals surface area contributed by atoms with Gasteiger partial charge < -0.3 is 4.74 Å². The Hall–Kier alpha value is -0.910. The minimum Gasteiger partial charge on any atom is -0.378 e. The maximum atomic E-state index is 12.0. The van der Waals surface area contributed by atoms with Crippen LogP contribution < -0.4 is 5.73 Å². The van der Waals surface area contributed by atoms with Gasteiger partial charge in [0.05, 0.1) is 24.2 Å². The van der Waals surface area contributed by atoms with Crippen molar-refractivity contribution in [3.63, 3.8) is 0 Å². The molecule has 0 aliphatic carbocycles. The lowest BCUT2D eigenvalue weighted by Crippen LogP contribution is -2.33. The molecule has 2 unspecified atom stereocenters. The predicted molar refractivity (Wildman–Crippen MR) is 55.1 cm³/mol. The van der Waals surface area contributed by atoms with E-state index in [1.54, 1.807) is 30.3 Å². The summed E-state index contributed by atoms with van der Waals surface area (Å²) in [4.78, 5) is 0.276. The first-order chi connectivity index (χ1) is 7.12. The summed E-state index contributed by atoms with van der Waals surface area (Å²) in [6, 6.07) is 7.57. The van der Waals surface area contributed by atoms with E-state index in [2.05, 4.69) is 0 Å². The van der Waals surface area contributed by atoms with Crippen LogP contribution in [0.15, 0.2) is 35.2 Å². The molecule has 5 heteroatoms. The number of ether oxygens (including phenoxy) is 1. The first-order valence-corrected chi connectivity index (χ1v) is 6.25. The predicted octanol–water partition coefficient (Wildman–Crippen LogP) is 0.511. The molecule has 1 radical (unpaired) electrons. The van der Waals surface area contributed by atoms with Crippen molar-refractivity contribution in [2.75, 3.05) is 13.2 Å². The molecule has 2 atom stereocenters. The van der Waals surface area contributed by atoms with Crippen LogP contribution in [0.5, 0.6) is 0 Å². The second kappa shape index (κ2) is 3.92. The fourth-order valence-corrected chi connectivity index (χ4v) is 3.30. The SMILES string of the molecule is [NH]C1COCC1S(=O)(=O)c1ccccc1. The van der Waals surface area contributed by atoms with Gasteiger partial charge in [-0.15, -0.1) is 0 Å². The molecule has 4 nitrogen and oxygen atoms in total. The van der Waals surface area contributed by atoms with Crippen LogP contribution in [-0.2, 0) is 14.6 Å². The Kier molecular flexibility index (Phi) is 2.77. The third kappa shape index (κ3) is 1.90. The van der Waals surface area contributed by atoms with Crippen LogP contribution in [0.1, 0.15) is 0 Å². The molecule has 15 heavy (non-hydrogen) atoms. The van der Waals surface area contributed by atoms with Gasteiger partial charge in [0.2, 0.25) is 0 Å². The maximum Gasteiger partial charge on any atom is 0.185 e. The lowest BCUT2D eigenvalue weighted by molar-refractivity contribution is 0.194. The number of hydrogen-bond donors (Lipinski definition) is 0. The van der Waals surface area contributed by atoms with Gasteiger partial charge in [-0.1, -0.05) is 18.2 Å². The van der Waals surface area contributed by atoms with Gasteiger partial charge in [0, 0.05) is 0 Å². The first-order valence-electron chi connectivity index (χ1n) is 4.70. The summed E-state index contributed by atoms with van der Waals surface area (Å²) in [5.41, 5.74) is 7.59. The quantitative estimate of drug-likeness (QED) is 0.738. The summed E-state index contributed by atoms with van der Waals surface area (Å²) in [6.07, 6.45) is 0. The summed E-state index contributed by atoms with van der Waals surface area (Å²) < 4.78 is 29.1. The molecule has 1 N–H and O–H groups in total. The molecule has 1 fully saturated rings. The highest BCUT2D eigenvalue weighted by atomic mass is 32.2. The van der Waals surface area contributed by atoms with Gasteiger partial charge >= 0.3 is 0 Å². The van der Waals surface area contributed by atoms with E-state index >= 15 is 0 Å². The molecular weight excluding hydrogens is 214 g/mol. The molecule has 0 spiro atoms. The minimum atomic E-state index is -3.40. The highest BCUT2D eigenvalue weighted by molar-refractivity contribution is 7.92. The number of nitrogens with one attached hydrogen (secondary N) is 1. The van der Waals surface area contributed by atoms with Gasteiger partial charge in [-0.2, -0.15) is 0 Å². The third-order valence-electron chi connectivity index (χ3n) is 2.50. The van der Waals surface area contributed by atoms with E-state index in [0.717, 1.165) is 0 Å². The fraction of sp³-hybridized carbons (Fsp3) is 0.400. The second-order valence-electron chi connectivity index (χ2n) is 3.54. The molecule has 1 aromatic carbocycles. The summed E-state index contributed by atoms with van der Waals surface area (Å²) in [7, 11) is -3.40. The zero-order valence-electron chi connectivity index (χ0n) is 8.09.